The highest BCUT2D eigenvalue weighted by Crippen LogP contribution is 2.21. The number of hydrazine groups is 1. The molecule has 0 spiro atoms. The summed E-state index contributed by atoms with van der Waals surface area (Å²) < 4.78 is 24.6. The van der Waals surface area contributed by atoms with E-state index in [0.717, 1.165) is 0 Å². The molecule has 0 saturated carbocycles. The van der Waals surface area contributed by atoms with Crippen molar-refractivity contribution in [3.63, 3.8) is 0 Å². The number of halogens is 1. The van der Waals surface area contributed by atoms with E-state index in [1.807, 2.05) is 18.2 Å². The van der Waals surface area contributed by atoms with Gasteiger partial charge in [0.15, 0.2) is 17.7 Å². The molecule has 0 aliphatic carbocycles. The molecule has 0 aliphatic heterocycles. The first-order valence-electron chi connectivity index (χ1n) is 8.87. The van der Waals surface area contributed by atoms with Crippen LogP contribution in [0.4, 0.5) is 4.39 Å². The van der Waals surface area contributed by atoms with E-state index >= 15 is 0 Å². The fourth-order valence-corrected chi connectivity index (χ4v) is 2.40. The second kappa shape index (κ2) is 9.36. The lowest BCUT2D eigenvalue weighted by Gasteiger charge is -2.15. The Kier molecular flexibility index (Phi) is 6.42. The summed E-state index contributed by atoms with van der Waals surface area (Å²) in [6.07, 6.45) is -1.01. The number of para-hydroxylation sites is 2. The largest absolute Gasteiger partial charge is 0.478 e. The average molecular weight is 394 g/mol. The average Bonchev–Trinajstić information content (AvgIpc) is 2.74. The zero-order chi connectivity index (χ0) is 20.6. The molecule has 6 nitrogen and oxygen atoms in total. The number of rotatable bonds is 6. The van der Waals surface area contributed by atoms with Crippen LogP contribution in [0, 0.1) is 5.82 Å². The number of hydrogen-bond donors (Lipinski definition) is 2. The molecule has 0 saturated heterocycles. The second-order valence-corrected chi connectivity index (χ2v) is 6.08. The predicted molar refractivity (Wildman–Crippen MR) is 105 cm³/mol. The molecule has 3 aromatic rings. The molecule has 0 heterocycles. The number of nitrogens with one attached hydrogen (secondary N) is 2. The third-order valence-electron chi connectivity index (χ3n) is 3.88. The molecule has 2 N–H and O–H groups in total. The molecule has 0 unspecified atom stereocenters. The molecule has 2 amide bonds. The van der Waals surface area contributed by atoms with Crippen molar-refractivity contribution >= 4 is 11.8 Å². The number of ether oxygens (including phenoxy) is 2. The summed E-state index contributed by atoms with van der Waals surface area (Å²) in [4.78, 5) is 24.4. The maximum absolute atomic E-state index is 13.6. The quantitative estimate of drug-likeness (QED) is 0.623. The monoisotopic (exact) mass is 394 g/mol. The van der Waals surface area contributed by atoms with Crippen molar-refractivity contribution in [2.75, 3.05) is 0 Å². The number of benzene rings is 3. The van der Waals surface area contributed by atoms with Crippen LogP contribution >= 0.6 is 0 Å². The van der Waals surface area contributed by atoms with Gasteiger partial charge in [-0.25, -0.2) is 4.39 Å². The Hall–Kier alpha value is -3.87. The van der Waals surface area contributed by atoms with E-state index in [9.17, 15) is 14.0 Å². The van der Waals surface area contributed by atoms with E-state index in [1.165, 1.54) is 25.1 Å². The first kappa shape index (κ1) is 19.9. The van der Waals surface area contributed by atoms with Crippen molar-refractivity contribution in [3.05, 3.63) is 90.2 Å². The highest BCUT2D eigenvalue weighted by atomic mass is 19.1. The first-order valence-corrected chi connectivity index (χ1v) is 8.87. The molecule has 3 aromatic carbocycles. The molecule has 0 bridgehead atoms. The van der Waals surface area contributed by atoms with Crippen LogP contribution in [0.1, 0.15) is 17.3 Å². The van der Waals surface area contributed by atoms with Gasteiger partial charge < -0.3 is 9.47 Å². The molecule has 0 radical (unpaired) electrons. The van der Waals surface area contributed by atoms with Gasteiger partial charge in [0.1, 0.15) is 11.5 Å². The molecule has 148 valence electrons. The van der Waals surface area contributed by atoms with Crippen molar-refractivity contribution in [1.82, 2.24) is 10.9 Å². The highest BCUT2D eigenvalue weighted by Gasteiger charge is 2.17. The summed E-state index contributed by atoms with van der Waals surface area (Å²) in [5, 5.41) is 0. The normalized spacial score (nSPS) is 11.2. The lowest BCUT2D eigenvalue weighted by atomic mass is 10.2. The standard InChI is InChI=1S/C22H19FN2O4/c1-15(28-20-13-6-5-12-19(20)23)21(26)24-25-22(27)16-8-7-11-18(14-16)29-17-9-3-2-4-10-17/h2-15H,1H3,(H,24,26)(H,25,27)/t15-/m0/s1. The van der Waals surface area contributed by atoms with Crippen LogP contribution in [0.5, 0.6) is 17.2 Å². The van der Waals surface area contributed by atoms with E-state index in [4.69, 9.17) is 9.47 Å². The minimum absolute atomic E-state index is 0.0489. The second-order valence-electron chi connectivity index (χ2n) is 6.08. The van der Waals surface area contributed by atoms with E-state index in [2.05, 4.69) is 10.9 Å². The fourth-order valence-electron chi connectivity index (χ4n) is 2.40. The maximum atomic E-state index is 13.6. The SMILES string of the molecule is C[C@H](Oc1ccccc1F)C(=O)NNC(=O)c1cccc(Oc2ccccc2)c1. The first-order chi connectivity index (χ1) is 14.0. The highest BCUT2D eigenvalue weighted by molar-refractivity contribution is 5.96. The van der Waals surface area contributed by atoms with E-state index in [1.54, 1.807) is 42.5 Å². The molecule has 3 rings (SSSR count). The van der Waals surface area contributed by atoms with Gasteiger partial charge in [0.2, 0.25) is 0 Å². The molecule has 0 aromatic heterocycles. The van der Waals surface area contributed by atoms with Gasteiger partial charge in [-0.3, -0.25) is 20.4 Å². The van der Waals surface area contributed by atoms with Crippen LogP contribution in [0.2, 0.25) is 0 Å². The number of carbonyl (C=O) groups excluding carboxylic acids is 2. The van der Waals surface area contributed by atoms with Gasteiger partial charge in [-0.05, 0) is 49.4 Å². The van der Waals surface area contributed by atoms with Crippen molar-refractivity contribution in [2.45, 2.75) is 13.0 Å². The smallest absolute Gasteiger partial charge is 0.279 e. The zero-order valence-corrected chi connectivity index (χ0v) is 15.6. The van der Waals surface area contributed by atoms with Crippen LogP contribution in [-0.2, 0) is 4.79 Å². The molecule has 0 fully saturated rings. The van der Waals surface area contributed by atoms with Gasteiger partial charge in [0.25, 0.3) is 11.8 Å². The molecule has 1 atom stereocenters. The summed E-state index contributed by atoms with van der Waals surface area (Å²) in [7, 11) is 0. The Bertz CT molecular complexity index is 995. The summed E-state index contributed by atoms with van der Waals surface area (Å²) in [6, 6.07) is 21.4. The summed E-state index contributed by atoms with van der Waals surface area (Å²) in [5.74, 6) is -0.671. The fraction of sp³-hybridized carbons (Fsp3) is 0.0909. The Morgan fingerprint density at radius 3 is 2.31 bits per heavy atom. The minimum atomic E-state index is -1.01. The number of hydrogen-bond acceptors (Lipinski definition) is 4. The zero-order valence-electron chi connectivity index (χ0n) is 15.6. The van der Waals surface area contributed by atoms with Crippen LogP contribution < -0.4 is 20.3 Å². The Morgan fingerprint density at radius 2 is 1.55 bits per heavy atom. The van der Waals surface area contributed by atoms with E-state index in [-0.39, 0.29) is 5.75 Å². The third kappa shape index (κ3) is 5.55. The van der Waals surface area contributed by atoms with E-state index in [0.29, 0.717) is 17.1 Å². The van der Waals surface area contributed by atoms with E-state index < -0.39 is 23.7 Å². The molecular formula is C22H19FN2O4. The van der Waals surface area contributed by atoms with Gasteiger partial charge >= 0.3 is 0 Å². The predicted octanol–water partition coefficient (Wildman–Crippen LogP) is 3.85. The van der Waals surface area contributed by atoms with Crippen LogP contribution in [0.15, 0.2) is 78.9 Å². The van der Waals surface area contributed by atoms with Gasteiger partial charge in [-0.2, -0.15) is 0 Å². The summed E-state index contributed by atoms with van der Waals surface area (Å²) >= 11 is 0. The third-order valence-corrected chi connectivity index (χ3v) is 3.88. The Labute approximate surface area is 167 Å². The number of carbonyl (C=O) groups is 2. The lowest BCUT2D eigenvalue weighted by Crippen LogP contribution is -2.47. The summed E-state index contributed by atoms with van der Waals surface area (Å²) in [5.41, 5.74) is 4.86. The van der Waals surface area contributed by atoms with Crippen molar-refractivity contribution in [2.24, 2.45) is 0 Å². The maximum Gasteiger partial charge on any atom is 0.279 e. The Balaban J connectivity index is 1.55. The van der Waals surface area contributed by atoms with Crippen LogP contribution in [-0.4, -0.2) is 17.9 Å². The summed E-state index contributed by atoms with van der Waals surface area (Å²) in [6.45, 7) is 1.45. The van der Waals surface area contributed by atoms with Gasteiger partial charge in [0.05, 0.1) is 0 Å². The molecular weight excluding hydrogens is 375 g/mol. The van der Waals surface area contributed by atoms with Crippen LogP contribution in [0.3, 0.4) is 0 Å². The van der Waals surface area contributed by atoms with Crippen molar-refractivity contribution in [1.29, 1.82) is 0 Å². The van der Waals surface area contributed by atoms with Crippen LogP contribution in [0.25, 0.3) is 0 Å². The molecule has 7 heteroatoms. The lowest BCUT2D eigenvalue weighted by molar-refractivity contribution is -0.128. The minimum Gasteiger partial charge on any atom is -0.478 e. The topological polar surface area (TPSA) is 76.7 Å². The Morgan fingerprint density at radius 1 is 0.862 bits per heavy atom. The molecule has 0 aliphatic rings. The van der Waals surface area contributed by atoms with Gasteiger partial charge in [0, 0.05) is 5.56 Å². The molecule has 29 heavy (non-hydrogen) atoms. The van der Waals surface area contributed by atoms with Gasteiger partial charge in [-0.1, -0.05) is 36.4 Å². The van der Waals surface area contributed by atoms with Crippen molar-refractivity contribution in [3.8, 4) is 17.2 Å². The van der Waals surface area contributed by atoms with Gasteiger partial charge in [-0.15, -0.1) is 0 Å². The number of amides is 2. The van der Waals surface area contributed by atoms with Crippen molar-refractivity contribution < 1.29 is 23.5 Å².